The van der Waals surface area contributed by atoms with Gasteiger partial charge >= 0.3 is 5.97 Å². The van der Waals surface area contributed by atoms with Gasteiger partial charge in [-0.15, -0.1) is 0 Å². The third-order valence-corrected chi connectivity index (χ3v) is 7.50. The van der Waals surface area contributed by atoms with E-state index in [0.717, 1.165) is 37.5 Å². The van der Waals surface area contributed by atoms with Gasteiger partial charge in [-0.1, -0.05) is 38.8 Å². The van der Waals surface area contributed by atoms with E-state index in [1.165, 1.54) is 19.3 Å². The molecule has 124 valence electrons. The van der Waals surface area contributed by atoms with Crippen molar-refractivity contribution in [2.45, 2.75) is 72.6 Å². The third-order valence-electron chi connectivity index (χ3n) is 7.50. The maximum atomic E-state index is 12.0. The van der Waals surface area contributed by atoms with Crippen molar-refractivity contribution < 1.29 is 9.90 Å². The van der Waals surface area contributed by atoms with Crippen LogP contribution in [0.3, 0.4) is 0 Å². The molecule has 2 fully saturated rings. The fourth-order valence-electron chi connectivity index (χ4n) is 6.10. The summed E-state index contributed by atoms with van der Waals surface area (Å²) in [7, 11) is 0. The maximum Gasteiger partial charge on any atom is 0.309 e. The predicted molar refractivity (Wildman–Crippen MR) is 89.6 cm³/mol. The highest BCUT2D eigenvalue weighted by molar-refractivity contribution is 5.75. The van der Waals surface area contributed by atoms with Crippen LogP contribution in [-0.2, 0) is 4.79 Å². The fraction of sp³-hybridized carbons (Fsp3) is 0.850. The van der Waals surface area contributed by atoms with Gasteiger partial charge in [-0.05, 0) is 74.5 Å². The number of fused-ring (bicyclic) bond motifs is 3. The molecule has 0 saturated heterocycles. The van der Waals surface area contributed by atoms with E-state index in [0.29, 0.717) is 11.8 Å². The van der Waals surface area contributed by atoms with Crippen LogP contribution in [-0.4, -0.2) is 11.1 Å². The van der Waals surface area contributed by atoms with Crippen molar-refractivity contribution in [3.63, 3.8) is 0 Å². The number of carboxylic acid groups (broad SMARTS) is 1. The van der Waals surface area contributed by atoms with Crippen molar-refractivity contribution in [2.24, 2.45) is 34.5 Å². The van der Waals surface area contributed by atoms with E-state index < -0.39 is 11.4 Å². The molecule has 3 aliphatic carbocycles. The number of rotatable bonds is 2. The van der Waals surface area contributed by atoms with E-state index in [9.17, 15) is 9.90 Å². The number of carboxylic acids is 1. The molecular formula is C20H32O2. The summed E-state index contributed by atoms with van der Waals surface area (Å²) in [4.78, 5) is 12.0. The molecule has 0 aliphatic heterocycles. The Bertz CT molecular complexity index is 492. The molecule has 0 bridgehead atoms. The molecule has 22 heavy (non-hydrogen) atoms. The van der Waals surface area contributed by atoms with Crippen LogP contribution in [0.25, 0.3) is 0 Å². The molecule has 0 radical (unpaired) electrons. The molecule has 2 saturated carbocycles. The zero-order chi connectivity index (χ0) is 16.1. The summed E-state index contributed by atoms with van der Waals surface area (Å²) in [6.07, 6.45) is 10.5. The molecule has 0 aromatic heterocycles. The Kier molecular flexibility index (Phi) is 3.94. The largest absolute Gasteiger partial charge is 0.481 e. The zero-order valence-corrected chi connectivity index (χ0v) is 14.7. The first-order chi connectivity index (χ1) is 10.3. The second kappa shape index (κ2) is 5.39. The van der Waals surface area contributed by atoms with Crippen molar-refractivity contribution in [2.75, 3.05) is 0 Å². The lowest BCUT2D eigenvalue weighted by Crippen LogP contribution is -2.54. The first-order valence-electron chi connectivity index (χ1n) is 9.23. The van der Waals surface area contributed by atoms with Crippen LogP contribution in [0, 0.1) is 34.5 Å². The third kappa shape index (κ3) is 2.25. The Morgan fingerprint density at radius 1 is 1.23 bits per heavy atom. The molecule has 3 rings (SSSR count). The molecule has 0 aromatic rings. The van der Waals surface area contributed by atoms with E-state index in [1.54, 1.807) is 5.57 Å². The SMILES string of the molecule is CC(C)[C@H]1C=C2CC[C@@H]3[C@](C)(CCC[C@@]3(C)C(=O)O)[C@H]2CC1. The molecular weight excluding hydrogens is 272 g/mol. The first kappa shape index (κ1) is 16.1. The molecule has 5 atom stereocenters. The number of hydrogen-bond donors (Lipinski definition) is 1. The van der Waals surface area contributed by atoms with Crippen molar-refractivity contribution in [3.05, 3.63) is 11.6 Å². The van der Waals surface area contributed by atoms with Crippen molar-refractivity contribution in [3.8, 4) is 0 Å². The number of allylic oxidation sites excluding steroid dienone is 2. The highest BCUT2D eigenvalue weighted by Crippen LogP contribution is 2.63. The highest BCUT2D eigenvalue weighted by Gasteiger charge is 2.58. The van der Waals surface area contributed by atoms with E-state index in [2.05, 4.69) is 26.8 Å². The molecule has 0 unspecified atom stereocenters. The normalized spacial score (nSPS) is 45.0. The van der Waals surface area contributed by atoms with Crippen LogP contribution >= 0.6 is 0 Å². The Hall–Kier alpha value is -0.790. The Balaban J connectivity index is 1.94. The summed E-state index contributed by atoms with van der Waals surface area (Å²) in [5.41, 5.74) is 1.36. The monoisotopic (exact) mass is 304 g/mol. The molecule has 1 N–H and O–H groups in total. The predicted octanol–water partition coefficient (Wildman–Crippen LogP) is 5.29. The van der Waals surface area contributed by atoms with Gasteiger partial charge in [0.15, 0.2) is 0 Å². The van der Waals surface area contributed by atoms with Gasteiger partial charge < -0.3 is 5.11 Å². The van der Waals surface area contributed by atoms with Gasteiger partial charge in [-0.3, -0.25) is 4.79 Å². The summed E-state index contributed by atoms with van der Waals surface area (Å²) in [5, 5.41) is 9.85. The van der Waals surface area contributed by atoms with Crippen LogP contribution in [0.4, 0.5) is 0 Å². The van der Waals surface area contributed by atoms with E-state index in [-0.39, 0.29) is 5.41 Å². The number of aliphatic carboxylic acids is 1. The maximum absolute atomic E-state index is 12.0. The summed E-state index contributed by atoms with van der Waals surface area (Å²) >= 11 is 0. The second-order valence-corrected chi connectivity index (χ2v) is 8.95. The standard InChI is InChI=1S/C20H32O2/c1-13(2)14-6-8-16-15(12-14)7-9-17-19(16,3)10-5-11-20(17,4)18(21)22/h12-14,16-17H,5-11H2,1-4H3,(H,21,22)/t14-,16+,17-,19-,20-/m1/s1. The summed E-state index contributed by atoms with van der Waals surface area (Å²) in [6, 6.07) is 0. The van der Waals surface area contributed by atoms with Crippen molar-refractivity contribution >= 4 is 5.97 Å². The lowest BCUT2D eigenvalue weighted by molar-refractivity contribution is -0.164. The Labute approximate surface area is 135 Å². The average Bonchev–Trinajstić information content (AvgIpc) is 2.46. The first-order valence-corrected chi connectivity index (χ1v) is 9.23. The minimum atomic E-state index is -0.563. The molecule has 0 spiro atoms. The molecule has 3 aliphatic rings. The van der Waals surface area contributed by atoms with Gasteiger partial charge in [0.2, 0.25) is 0 Å². The minimum absolute atomic E-state index is 0.206. The van der Waals surface area contributed by atoms with Crippen LogP contribution in [0.2, 0.25) is 0 Å². The van der Waals surface area contributed by atoms with Crippen LogP contribution in [0.1, 0.15) is 72.6 Å². The minimum Gasteiger partial charge on any atom is -0.481 e. The van der Waals surface area contributed by atoms with Gasteiger partial charge in [-0.2, -0.15) is 0 Å². The van der Waals surface area contributed by atoms with E-state index in [1.807, 2.05) is 6.92 Å². The smallest absolute Gasteiger partial charge is 0.309 e. The van der Waals surface area contributed by atoms with Gasteiger partial charge in [0, 0.05) is 0 Å². The fourth-order valence-corrected chi connectivity index (χ4v) is 6.10. The topological polar surface area (TPSA) is 37.3 Å². The summed E-state index contributed by atoms with van der Waals surface area (Å²) in [5.74, 6) is 1.89. The van der Waals surface area contributed by atoms with Crippen LogP contribution < -0.4 is 0 Å². The van der Waals surface area contributed by atoms with Crippen LogP contribution in [0.15, 0.2) is 11.6 Å². The molecule has 0 aromatic carbocycles. The van der Waals surface area contributed by atoms with Gasteiger partial charge in [0.25, 0.3) is 0 Å². The van der Waals surface area contributed by atoms with Gasteiger partial charge in [0.1, 0.15) is 0 Å². The van der Waals surface area contributed by atoms with E-state index >= 15 is 0 Å². The highest BCUT2D eigenvalue weighted by atomic mass is 16.4. The zero-order valence-electron chi connectivity index (χ0n) is 14.7. The molecule has 2 nitrogen and oxygen atoms in total. The summed E-state index contributed by atoms with van der Waals surface area (Å²) < 4.78 is 0. The van der Waals surface area contributed by atoms with Crippen LogP contribution in [0.5, 0.6) is 0 Å². The van der Waals surface area contributed by atoms with E-state index in [4.69, 9.17) is 0 Å². The summed E-state index contributed by atoms with van der Waals surface area (Å²) in [6.45, 7) is 9.09. The van der Waals surface area contributed by atoms with Crippen molar-refractivity contribution in [1.82, 2.24) is 0 Å². The molecule has 0 heterocycles. The second-order valence-electron chi connectivity index (χ2n) is 8.95. The Morgan fingerprint density at radius 2 is 1.95 bits per heavy atom. The average molecular weight is 304 g/mol. The number of carbonyl (C=O) groups is 1. The quantitative estimate of drug-likeness (QED) is 0.704. The molecule has 2 heteroatoms. The lowest BCUT2D eigenvalue weighted by Gasteiger charge is -2.58. The number of hydrogen-bond acceptors (Lipinski definition) is 1. The Morgan fingerprint density at radius 3 is 2.59 bits per heavy atom. The molecule has 0 amide bonds. The van der Waals surface area contributed by atoms with Crippen molar-refractivity contribution in [1.29, 1.82) is 0 Å². The van der Waals surface area contributed by atoms with Gasteiger partial charge in [0.05, 0.1) is 5.41 Å². The van der Waals surface area contributed by atoms with Gasteiger partial charge in [-0.25, -0.2) is 0 Å². The lowest BCUT2D eigenvalue weighted by atomic mass is 9.45.